The molecule has 0 fully saturated rings. The van der Waals surface area contributed by atoms with Crippen LogP contribution < -0.4 is 4.90 Å². The summed E-state index contributed by atoms with van der Waals surface area (Å²) in [4.78, 5) is 2.36. The van der Waals surface area contributed by atoms with E-state index in [0.717, 1.165) is 57.6 Å². The van der Waals surface area contributed by atoms with E-state index >= 15 is 13.2 Å². The summed E-state index contributed by atoms with van der Waals surface area (Å²) in [7, 11) is 0. The molecule has 1 aliphatic heterocycles. The molecular weight excluding hydrogens is 624 g/mol. The maximum atomic E-state index is 15.2. The summed E-state index contributed by atoms with van der Waals surface area (Å²) in [5, 5.41) is 0. The Morgan fingerprint density at radius 1 is 0.500 bits per heavy atom. The van der Waals surface area contributed by atoms with Crippen LogP contribution in [0.4, 0.5) is 30.2 Å². The van der Waals surface area contributed by atoms with Crippen LogP contribution in [0.1, 0.15) is 44.9 Å². The molecule has 7 aromatic rings. The molecule has 1 heterocycles. The van der Waals surface area contributed by atoms with Crippen LogP contribution in [0.15, 0.2) is 152 Å². The van der Waals surface area contributed by atoms with Crippen molar-refractivity contribution in [3.05, 3.63) is 208 Å². The third-order valence-corrected chi connectivity index (χ3v) is 11.0. The molecule has 0 saturated heterocycles. The van der Waals surface area contributed by atoms with Gasteiger partial charge in [-0.1, -0.05) is 91.0 Å². The highest BCUT2D eigenvalue weighted by molar-refractivity contribution is 5.95. The Hall–Kier alpha value is -5.87. The first-order valence-electron chi connectivity index (χ1n) is 17.1. The minimum atomic E-state index is -1.06. The number of rotatable bonds is 3. The number of hydrogen-bond acceptors (Lipinski definition) is 1. The Morgan fingerprint density at radius 2 is 1.00 bits per heavy atom. The quantitative estimate of drug-likeness (QED) is 0.183. The maximum absolute atomic E-state index is 15.2. The van der Waals surface area contributed by atoms with Crippen LogP contribution >= 0.6 is 0 Å². The fraction of sp³-hybridized carbons (Fsp3) is 0.0870. The molecule has 0 saturated carbocycles. The highest BCUT2D eigenvalue weighted by atomic mass is 19.1. The summed E-state index contributed by atoms with van der Waals surface area (Å²) in [5.74, 6) is -0.990. The largest absolute Gasteiger partial charge is 0.310 e. The second-order valence-corrected chi connectivity index (χ2v) is 13.7. The van der Waals surface area contributed by atoms with E-state index in [9.17, 15) is 0 Å². The van der Waals surface area contributed by atoms with Crippen molar-refractivity contribution in [1.29, 1.82) is 0 Å². The van der Waals surface area contributed by atoms with E-state index in [0.29, 0.717) is 16.7 Å². The minimum Gasteiger partial charge on any atom is -0.310 e. The molecule has 3 aliphatic rings. The van der Waals surface area contributed by atoms with Crippen LogP contribution in [-0.2, 0) is 18.3 Å². The molecule has 0 amide bonds. The first-order valence-corrected chi connectivity index (χ1v) is 17.1. The summed E-state index contributed by atoms with van der Waals surface area (Å²) in [6.45, 7) is 0. The Bertz CT molecular complexity index is 2430. The molecule has 1 atom stereocenters. The second kappa shape index (κ2) is 10.8. The highest BCUT2D eigenvalue weighted by Gasteiger charge is 2.52. The van der Waals surface area contributed by atoms with Gasteiger partial charge in [-0.05, 0) is 141 Å². The SMILES string of the molecule is Fc1ccc2c(c1)C1(c3cc(F)ccc3-2)c2cc(F)ccc2-c2ccc(CC3Cc4ccccc4N(c4ccccc4)c4ccccc43)cc21. The van der Waals surface area contributed by atoms with E-state index in [1.54, 1.807) is 30.3 Å². The molecule has 0 radical (unpaired) electrons. The first kappa shape index (κ1) is 29.1. The van der Waals surface area contributed by atoms with Gasteiger partial charge in [0.1, 0.15) is 17.5 Å². The molecule has 0 N–H and O–H groups in total. The van der Waals surface area contributed by atoms with E-state index in [1.807, 2.05) is 12.1 Å². The van der Waals surface area contributed by atoms with Gasteiger partial charge in [0, 0.05) is 17.1 Å². The Balaban J connectivity index is 1.17. The van der Waals surface area contributed by atoms with Crippen molar-refractivity contribution in [2.75, 3.05) is 4.90 Å². The van der Waals surface area contributed by atoms with Gasteiger partial charge in [-0.15, -0.1) is 0 Å². The average Bonchev–Trinajstić information content (AvgIpc) is 3.52. The molecule has 2 aliphatic carbocycles. The number of para-hydroxylation sites is 3. The molecule has 0 aromatic heterocycles. The minimum absolute atomic E-state index is 0.148. The zero-order valence-electron chi connectivity index (χ0n) is 27.0. The molecule has 240 valence electrons. The Morgan fingerprint density at radius 3 is 1.62 bits per heavy atom. The predicted molar refractivity (Wildman–Crippen MR) is 194 cm³/mol. The third kappa shape index (κ3) is 4.08. The van der Waals surface area contributed by atoms with Gasteiger partial charge in [-0.3, -0.25) is 0 Å². The van der Waals surface area contributed by atoms with E-state index in [1.165, 1.54) is 35.0 Å². The molecule has 1 nitrogen and oxygen atoms in total. The maximum Gasteiger partial charge on any atom is 0.123 e. The highest BCUT2D eigenvalue weighted by Crippen LogP contribution is 2.63. The van der Waals surface area contributed by atoms with Crippen molar-refractivity contribution >= 4 is 17.1 Å². The van der Waals surface area contributed by atoms with Crippen molar-refractivity contribution in [2.24, 2.45) is 0 Å². The van der Waals surface area contributed by atoms with Crippen LogP contribution in [-0.4, -0.2) is 0 Å². The van der Waals surface area contributed by atoms with Gasteiger partial charge in [0.05, 0.1) is 5.41 Å². The number of nitrogens with zero attached hydrogens (tertiary/aromatic N) is 1. The lowest BCUT2D eigenvalue weighted by atomic mass is 9.70. The molecule has 7 aromatic carbocycles. The zero-order chi connectivity index (χ0) is 33.6. The summed E-state index contributed by atoms with van der Waals surface area (Å²) in [5.41, 5.74) is 12.6. The molecule has 4 heteroatoms. The summed E-state index contributed by atoms with van der Waals surface area (Å²) < 4.78 is 45.7. The lowest BCUT2D eigenvalue weighted by molar-refractivity contribution is 0.612. The third-order valence-electron chi connectivity index (χ3n) is 11.0. The number of benzene rings is 7. The number of anilines is 3. The monoisotopic (exact) mass is 653 g/mol. The zero-order valence-corrected chi connectivity index (χ0v) is 27.0. The van der Waals surface area contributed by atoms with E-state index < -0.39 is 5.41 Å². The van der Waals surface area contributed by atoms with Crippen LogP contribution in [0.3, 0.4) is 0 Å². The van der Waals surface area contributed by atoms with Crippen molar-refractivity contribution in [3.63, 3.8) is 0 Å². The number of hydrogen-bond donors (Lipinski definition) is 0. The van der Waals surface area contributed by atoms with Gasteiger partial charge in [-0.25, -0.2) is 13.2 Å². The van der Waals surface area contributed by atoms with E-state index in [-0.39, 0.29) is 23.4 Å². The van der Waals surface area contributed by atoms with Crippen molar-refractivity contribution < 1.29 is 13.2 Å². The topological polar surface area (TPSA) is 3.24 Å². The summed E-state index contributed by atoms with van der Waals surface area (Å²) in [6, 6.07) is 48.7. The van der Waals surface area contributed by atoms with Crippen LogP contribution in [0.25, 0.3) is 22.3 Å². The second-order valence-electron chi connectivity index (χ2n) is 13.7. The van der Waals surface area contributed by atoms with Crippen molar-refractivity contribution in [1.82, 2.24) is 0 Å². The Kier molecular flexibility index (Phi) is 6.29. The van der Waals surface area contributed by atoms with E-state index in [4.69, 9.17) is 0 Å². The lowest BCUT2D eigenvalue weighted by Gasteiger charge is -2.31. The summed E-state index contributed by atoms with van der Waals surface area (Å²) in [6.07, 6.45) is 1.58. The average molecular weight is 654 g/mol. The van der Waals surface area contributed by atoms with Gasteiger partial charge >= 0.3 is 0 Å². The molecule has 10 rings (SSSR count). The fourth-order valence-electron chi connectivity index (χ4n) is 9.08. The molecule has 1 unspecified atom stereocenters. The molecule has 0 bridgehead atoms. The van der Waals surface area contributed by atoms with Gasteiger partial charge in [-0.2, -0.15) is 0 Å². The van der Waals surface area contributed by atoms with Gasteiger partial charge in [0.2, 0.25) is 0 Å². The van der Waals surface area contributed by atoms with E-state index in [2.05, 4.69) is 95.9 Å². The fourth-order valence-corrected chi connectivity index (χ4v) is 9.08. The van der Waals surface area contributed by atoms with Gasteiger partial charge in [0.25, 0.3) is 0 Å². The molecule has 50 heavy (non-hydrogen) atoms. The normalized spacial score (nSPS) is 15.8. The smallest absolute Gasteiger partial charge is 0.123 e. The van der Waals surface area contributed by atoms with Crippen LogP contribution in [0, 0.1) is 17.5 Å². The number of halogens is 3. The standard InChI is InChI=1S/C46H30F3N/c47-31-15-19-37-36-18-14-28(23-40(36)46(41(37)25-31)42-26-32(48)16-20-38(42)39-21-17-33(49)27-43(39)46)22-30-24-29-8-4-6-12-44(29)50(34-9-2-1-3-10-34)45-13-7-5-11-35(30)45/h1-21,23,25-27,30H,22,24H2. The molecule has 1 spiro atoms. The van der Waals surface area contributed by atoms with Crippen molar-refractivity contribution in [2.45, 2.75) is 24.2 Å². The van der Waals surface area contributed by atoms with Crippen molar-refractivity contribution in [3.8, 4) is 22.3 Å². The Labute approximate surface area is 288 Å². The van der Waals surface area contributed by atoms with Crippen LogP contribution in [0.5, 0.6) is 0 Å². The van der Waals surface area contributed by atoms with Gasteiger partial charge < -0.3 is 4.90 Å². The number of fused-ring (bicyclic) bond motifs is 12. The van der Waals surface area contributed by atoms with Gasteiger partial charge in [0.15, 0.2) is 0 Å². The molecular formula is C46H30F3N. The summed E-state index contributed by atoms with van der Waals surface area (Å²) >= 11 is 0. The first-order chi connectivity index (χ1) is 24.5. The lowest BCUT2D eigenvalue weighted by Crippen LogP contribution is -2.26. The van der Waals surface area contributed by atoms with Crippen LogP contribution in [0.2, 0.25) is 0 Å². The predicted octanol–water partition coefficient (Wildman–Crippen LogP) is 11.8.